The Morgan fingerprint density at radius 3 is 1.33 bits per heavy atom. The van der Waals surface area contributed by atoms with Crippen LogP contribution in [0.5, 0.6) is 0 Å². The van der Waals surface area contributed by atoms with E-state index in [-0.39, 0.29) is 0 Å². The summed E-state index contributed by atoms with van der Waals surface area (Å²) in [6.45, 7) is 12.3. The van der Waals surface area contributed by atoms with Crippen LogP contribution in [-0.2, 0) is 12.8 Å². The third-order valence-electron chi connectivity index (χ3n) is 3.10. The molecular formula is C21H32. The average molecular weight is 284 g/mol. The second-order valence-electron chi connectivity index (χ2n) is 4.83. The first kappa shape index (κ1) is 19.4. The summed E-state index contributed by atoms with van der Waals surface area (Å²) in [4.78, 5) is 0. The molecule has 0 N–H and O–H groups in total. The van der Waals surface area contributed by atoms with Crippen molar-refractivity contribution in [1.82, 2.24) is 0 Å². The van der Waals surface area contributed by atoms with Crippen molar-refractivity contribution in [1.29, 1.82) is 0 Å². The Balaban J connectivity index is 0.000000921. The van der Waals surface area contributed by atoms with E-state index in [1.807, 2.05) is 27.7 Å². The van der Waals surface area contributed by atoms with Crippen LogP contribution in [0.4, 0.5) is 0 Å². The van der Waals surface area contributed by atoms with Gasteiger partial charge >= 0.3 is 0 Å². The van der Waals surface area contributed by atoms with Crippen molar-refractivity contribution in [2.75, 3.05) is 0 Å². The van der Waals surface area contributed by atoms with Gasteiger partial charge in [0.2, 0.25) is 0 Å². The number of rotatable bonds is 4. The maximum absolute atomic E-state index is 2.29. The molecule has 0 fully saturated rings. The third-order valence-corrected chi connectivity index (χ3v) is 3.10. The van der Waals surface area contributed by atoms with E-state index in [2.05, 4.69) is 62.4 Å². The standard InChI is InChI=1S/C17H20.2C2H6/c1-14-6-3-8-16(12-14)10-5-11-17-9-4-7-15(2)13-17;2*1-2/h3-4,6-9,12-13H,5,10-11H2,1-2H3;2*1-2H3. The van der Waals surface area contributed by atoms with Crippen molar-refractivity contribution >= 4 is 0 Å². The molecule has 0 spiro atoms. The maximum atomic E-state index is 2.29. The second kappa shape index (κ2) is 12.2. The topological polar surface area (TPSA) is 0 Å². The highest BCUT2D eigenvalue weighted by Crippen LogP contribution is 2.11. The Hall–Kier alpha value is -1.56. The van der Waals surface area contributed by atoms with Gasteiger partial charge in [0, 0.05) is 0 Å². The Morgan fingerprint density at radius 2 is 1.00 bits per heavy atom. The van der Waals surface area contributed by atoms with Crippen molar-refractivity contribution in [2.24, 2.45) is 0 Å². The fourth-order valence-electron chi connectivity index (χ4n) is 2.23. The summed E-state index contributed by atoms with van der Waals surface area (Å²) in [5.41, 5.74) is 5.63. The van der Waals surface area contributed by atoms with Crippen molar-refractivity contribution in [3.63, 3.8) is 0 Å². The Morgan fingerprint density at radius 1 is 0.619 bits per heavy atom. The van der Waals surface area contributed by atoms with Crippen LogP contribution in [0.3, 0.4) is 0 Å². The van der Waals surface area contributed by atoms with Gasteiger partial charge in [-0.2, -0.15) is 0 Å². The molecule has 0 saturated carbocycles. The van der Waals surface area contributed by atoms with Crippen LogP contribution in [0.15, 0.2) is 48.5 Å². The summed E-state index contributed by atoms with van der Waals surface area (Å²) in [7, 11) is 0. The van der Waals surface area contributed by atoms with Crippen LogP contribution in [0, 0.1) is 13.8 Å². The third kappa shape index (κ3) is 8.34. The van der Waals surface area contributed by atoms with E-state index >= 15 is 0 Å². The minimum absolute atomic E-state index is 1.18. The molecule has 0 saturated heterocycles. The largest absolute Gasteiger partial charge is 0.0683 e. The molecule has 0 atom stereocenters. The smallest absolute Gasteiger partial charge is 0.0276 e. The Bertz CT molecular complexity index is 437. The average Bonchev–Trinajstić information content (AvgIpc) is 2.51. The monoisotopic (exact) mass is 284 g/mol. The lowest BCUT2D eigenvalue weighted by Crippen LogP contribution is -1.91. The van der Waals surface area contributed by atoms with Crippen molar-refractivity contribution in [3.8, 4) is 0 Å². The molecule has 116 valence electrons. The van der Waals surface area contributed by atoms with E-state index < -0.39 is 0 Å². The van der Waals surface area contributed by atoms with E-state index in [1.165, 1.54) is 41.5 Å². The van der Waals surface area contributed by atoms with Gasteiger partial charge in [-0.05, 0) is 44.2 Å². The summed E-state index contributed by atoms with van der Waals surface area (Å²) in [6, 6.07) is 17.6. The molecular weight excluding hydrogens is 252 g/mol. The maximum Gasteiger partial charge on any atom is -0.0276 e. The molecule has 0 amide bonds. The molecule has 0 bridgehead atoms. The fourth-order valence-corrected chi connectivity index (χ4v) is 2.23. The van der Waals surface area contributed by atoms with Crippen molar-refractivity contribution < 1.29 is 0 Å². The number of aryl methyl sites for hydroxylation is 4. The minimum atomic E-state index is 1.18. The lowest BCUT2D eigenvalue weighted by atomic mass is 10.0. The fraction of sp³-hybridized carbons (Fsp3) is 0.429. The number of benzene rings is 2. The zero-order valence-corrected chi connectivity index (χ0v) is 14.7. The summed E-state index contributed by atoms with van der Waals surface area (Å²) in [5, 5.41) is 0. The molecule has 0 aliphatic heterocycles. The summed E-state index contributed by atoms with van der Waals surface area (Å²) >= 11 is 0. The van der Waals surface area contributed by atoms with Crippen LogP contribution in [-0.4, -0.2) is 0 Å². The Labute approximate surface area is 132 Å². The SMILES string of the molecule is CC.CC.Cc1cccc(CCCc2cccc(C)c2)c1. The van der Waals surface area contributed by atoms with Crippen LogP contribution in [0.1, 0.15) is 56.4 Å². The number of hydrogen-bond acceptors (Lipinski definition) is 0. The van der Waals surface area contributed by atoms with Crippen LogP contribution >= 0.6 is 0 Å². The first-order valence-corrected chi connectivity index (χ1v) is 8.35. The predicted octanol–water partition coefficient (Wildman–Crippen LogP) is 6.53. The van der Waals surface area contributed by atoms with E-state index in [1.54, 1.807) is 0 Å². The molecule has 21 heavy (non-hydrogen) atoms. The summed E-state index contributed by atoms with van der Waals surface area (Å²) in [6.07, 6.45) is 3.58. The normalized spacial score (nSPS) is 9.05. The van der Waals surface area contributed by atoms with Gasteiger partial charge in [0.25, 0.3) is 0 Å². The van der Waals surface area contributed by atoms with E-state index in [4.69, 9.17) is 0 Å². The van der Waals surface area contributed by atoms with Crippen molar-refractivity contribution in [2.45, 2.75) is 60.8 Å². The van der Waals surface area contributed by atoms with Gasteiger partial charge < -0.3 is 0 Å². The van der Waals surface area contributed by atoms with Crippen LogP contribution in [0.2, 0.25) is 0 Å². The summed E-state index contributed by atoms with van der Waals surface area (Å²) < 4.78 is 0. The first-order chi connectivity index (χ1) is 10.2. The first-order valence-electron chi connectivity index (χ1n) is 8.35. The summed E-state index contributed by atoms with van der Waals surface area (Å²) in [5.74, 6) is 0. The van der Waals surface area contributed by atoms with Gasteiger partial charge in [-0.3, -0.25) is 0 Å². The van der Waals surface area contributed by atoms with Gasteiger partial charge in [-0.25, -0.2) is 0 Å². The van der Waals surface area contributed by atoms with Gasteiger partial charge in [-0.1, -0.05) is 87.4 Å². The lowest BCUT2D eigenvalue weighted by molar-refractivity contribution is 0.819. The van der Waals surface area contributed by atoms with E-state index in [0.717, 1.165) is 0 Å². The lowest BCUT2D eigenvalue weighted by Gasteiger charge is -2.04. The molecule has 2 rings (SSSR count). The molecule has 0 aliphatic carbocycles. The molecule has 0 aliphatic rings. The van der Waals surface area contributed by atoms with Gasteiger partial charge in [0.15, 0.2) is 0 Å². The molecule has 2 aromatic rings. The predicted molar refractivity (Wildman–Crippen MR) is 97.1 cm³/mol. The quantitative estimate of drug-likeness (QED) is 0.598. The highest BCUT2D eigenvalue weighted by atomic mass is 14.0. The highest BCUT2D eigenvalue weighted by Gasteiger charge is 1.96. The molecule has 0 unspecified atom stereocenters. The van der Waals surface area contributed by atoms with Gasteiger partial charge in [0.05, 0.1) is 0 Å². The van der Waals surface area contributed by atoms with Crippen molar-refractivity contribution in [3.05, 3.63) is 70.8 Å². The molecule has 0 heterocycles. The second-order valence-corrected chi connectivity index (χ2v) is 4.83. The van der Waals surface area contributed by atoms with Gasteiger partial charge in [0.1, 0.15) is 0 Å². The number of hydrogen-bond donors (Lipinski definition) is 0. The van der Waals surface area contributed by atoms with E-state index in [0.29, 0.717) is 0 Å². The van der Waals surface area contributed by atoms with E-state index in [9.17, 15) is 0 Å². The van der Waals surface area contributed by atoms with Crippen LogP contribution < -0.4 is 0 Å². The minimum Gasteiger partial charge on any atom is -0.0683 e. The molecule has 0 heteroatoms. The molecule has 0 aromatic heterocycles. The highest BCUT2D eigenvalue weighted by molar-refractivity contribution is 5.24. The van der Waals surface area contributed by atoms with Crippen LogP contribution in [0.25, 0.3) is 0 Å². The zero-order chi connectivity index (χ0) is 16.1. The molecule has 0 nitrogen and oxygen atoms in total. The Kier molecular flexibility index (Phi) is 11.3. The zero-order valence-electron chi connectivity index (χ0n) is 14.7. The molecule has 2 aromatic carbocycles. The molecule has 0 radical (unpaired) electrons. The van der Waals surface area contributed by atoms with Gasteiger partial charge in [-0.15, -0.1) is 0 Å².